The maximum absolute atomic E-state index is 5.45. The summed E-state index contributed by atoms with van der Waals surface area (Å²) in [7, 11) is 0. The van der Waals surface area contributed by atoms with Crippen molar-refractivity contribution in [3.05, 3.63) is 35.6 Å². The Hall–Kier alpha value is -1.30. The van der Waals surface area contributed by atoms with Gasteiger partial charge < -0.3 is 10.1 Å². The maximum atomic E-state index is 5.45. The summed E-state index contributed by atoms with van der Waals surface area (Å²) in [5.41, 5.74) is 2.27. The largest absolute Gasteiger partial charge is 0.379 e. The summed E-state index contributed by atoms with van der Waals surface area (Å²) in [6, 6.07) is 4.38. The van der Waals surface area contributed by atoms with Gasteiger partial charge in [0.1, 0.15) is 5.01 Å². The number of hydrogen-bond acceptors (Lipinski definition) is 5. The number of thiazole rings is 1. The van der Waals surface area contributed by atoms with Crippen LogP contribution in [0.3, 0.4) is 0 Å². The minimum Gasteiger partial charge on any atom is -0.379 e. The summed E-state index contributed by atoms with van der Waals surface area (Å²) in [6.45, 7) is 2.53. The summed E-state index contributed by atoms with van der Waals surface area (Å²) in [6.07, 6.45) is 4.53. The van der Waals surface area contributed by atoms with Gasteiger partial charge in [0, 0.05) is 42.3 Å². The molecule has 1 atom stereocenters. The third-order valence-electron chi connectivity index (χ3n) is 2.93. The molecule has 94 valence electrons. The predicted octanol–water partition coefficient (Wildman–Crippen LogP) is 1.74. The molecule has 0 radical (unpaired) electrons. The fraction of sp³-hybridized carbons (Fsp3) is 0.385. The van der Waals surface area contributed by atoms with Gasteiger partial charge in [-0.25, -0.2) is 4.98 Å². The van der Waals surface area contributed by atoms with Gasteiger partial charge in [0.15, 0.2) is 0 Å². The number of nitrogens with zero attached hydrogens (tertiary/aromatic N) is 2. The Morgan fingerprint density at radius 3 is 3.06 bits per heavy atom. The topological polar surface area (TPSA) is 47.0 Å². The van der Waals surface area contributed by atoms with Crippen molar-refractivity contribution in [3.8, 4) is 10.6 Å². The van der Waals surface area contributed by atoms with Crippen molar-refractivity contribution in [2.45, 2.75) is 12.5 Å². The van der Waals surface area contributed by atoms with Gasteiger partial charge in [-0.3, -0.25) is 4.98 Å². The predicted molar refractivity (Wildman–Crippen MR) is 71.7 cm³/mol. The van der Waals surface area contributed by atoms with E-state index in [0.29, 0.717) is 6.04 Å². The highest BCUT2D eigenvalue weighted by atomic mass is 32.1. The van der Waals surface area contributed by atoms with Crippen LogP contribution in [0, 0.1) is 0 Å². The van der Waals surface area contributed by atoms with Crippen molar-refractivity contribution in [2.75, 3.05) is 19.8 Å². The molecule has 1 saturated heterocycles. The summed E-state index contributed by atoms with van der Waals surface area (Å²) in [5.74, 6) is 0. The summed E-state index contributed by atoms with van der Waals surface area (Å²) in [5, 5.41) is 6.64. The molecule has 1 fully saturated rings. The van der Waals surface area contributed by atoms with Gasteiger partial charge >= 0.3 is 0 Å². The number of morpholine rings is 1. The van der Waals surface area contributed by atoms with Crippen LogP contribution in [0.4, 0.5) is 0 Å². The number of aromatic nitrogens is 2. The molecule has 1 aliphatic heterocycles. The molecule has 1 unspecified atom stereocenters. The van der Waals surface area contributed by atoms with Crippen molar-refractivity contribution >= 4 is 11.3 Å². The highest BCUT2D eigenvalue weighted by Crippen LogP contribution is 2.23. The molecule has 2 aromatic rings. The van der Waals surface area contributed by atoms with Crippen LogP contribution >= 0.6 is 11.3 Å². The molecule has 1 N–H and O–H groups in total. The summed E-state index contributed by atoms with van der Waals surface area (Å²) < 4.78 is 5.45. The Kier molecular flexibility index (Phi) is 3.64. The first kappa shape index (κ1) is 11.8. The monoisotopic (exact) mass is 261 g/mol. The van der Waals surface area contributed by atoms with E-state index in [2.05, 4.69) is 20.7 Å². The second-order valence-corrected chi connectivity index (χ2v) is 5.17. The SMILES string of the molecule is c1cc(-c2nc(CC3COCCN3)cs2)ccn1. The molecule has 5 heteroatoms. The van der Waals surface area contributed by atoms with Crippen molar-refractivity contribution in [3.63, 3.8) is 0 Å². The second-order valence-electron chi connectivity index (χ2n) is 4.31. The number of rotatable bonds is 3. The fourth-order valence-electron chi connectivity index (χ4n) is 2.03. The van der Waals surface area contributed by atoms with Crippen LogP contribution in [0.5, 0.6) is 0 Å². The normalized spacial score (nSPS) is 19.9. The molecular formula is C13H15N3OS. The van der Waals surface area contributed by atoms with Crippen LogP contribution in [-0.4, -0.2) is 35.8 Å². The van der Waals surface area contributed by atoms with E-state index in [1.165, 1.54) is 0 Å². The molecule has 2 aromatic heterocycles. The van der Waals surface area contributed by atoms with Gasteiger partial charge in [0.05, 0.1) is 18.9 Å². The van der Waals surface area contributed by atoms with Crippen molar-refractivity contribution in [2.24, 2.45) is 0 Å². The zero-order valence-electron chi connectivity index (χ0n) is 10.0. The van der Waals surface area contributed by atoms with Gasteiger partial charge in [0.2, 0.25) is 0 Å². The van der Waals surface area contributed by atoms with E-state index in [1.54, 1.807) is 23.7 Å². The van der Waals surface area contributed by atoms with Crippen LogP contribution in [0.2, 0.25) is 0 Å². The summed E-state index contributed by atoms with van der Waals surface area (Å²) >= 11 is 1.68. The summed E-state index contributed by atoms with van der Waals surface area (Å²) in [4.78, 5) is 8.69. The minimum absolute atomic E-state index is 0.395. The maximum Gasteiger partial charge on any atom is 0.123 e. The van der Waals surface area contributed by atoms with Crippen LogP contribution in [0.1, 0.15) is 5.69 Å². The highest BCUT2D eigenvalue weighted by molar-refractivity contribution is 7.13. The van der Waals surface area contributed by atoms with Crippen LogP contribution in [0.25, 0.3) is 10.6 Å². The molecule has 1 aliphatic rings. The van der Waals surface area contributed by atoms with Crippen LogP contribution < -0.4 is 5.32 Å². The lowest BCUT2D eigenvalue weighted by Gasteiger charge is -2.22. The first-order valence-corrected chi connectivity index (χ1v) is 6.96. The average molecular weight is 261 g/mol. The third kappa shape index (κ3) is 2.75. The number of pyridine rings is 1. The molecule has 0 aromatic carbocycles. The molecule has 4 nitrogen and oxygen atoms in total. The van der Waals surface area contributed by atoms with E-state index >= 15 is 0 Å². The lowest BCUT2D eigenvalue weighted by atomic mass is 10.1. The first-order valence-electron chi connectivity index (χ1n) is 6.08. The standard InChI is InChI=1S/C13H15N3OS/c1-3-14-4-2-10(1)13-16-12(9-18-13)7-11-8-17-6-5-15-11/h1-4,9,11,15H,5-8H2. The van der Waals surface area contributed by atoms with Gasteiger partial charge in [-0.05, 0) is 12.1 Å². The Morgan fingerprint density at radius 2 is 2.28 bits per heavy atom. The molecule has 18 heavy (non-hydrogen) atoms. The van der Waals surface area contributed by atoms with E-state index in [1.807, 2.05) is 12.1 Å². The molecule has 3 rings (SSSR count). The Labute approximate surface area is 110 Å². The second kappa shape index (κ2) is 5.56. The lowest BCUT2D eigenvalue weighted by Crippen LogP contribution is -2.42. The number of ether oxygens (including phenoxy) is 1. The Morgan fingerprint density at radius 1 is 1.39 bits per heavy atom. The first-order chi connectivity index (χ1) is 8.92. The highest BCUT2D eigenvalue weighted by Gasteiger charge is 2.15. The van der Waals surface area contributed by atoms with Crippen LogP contribution in [-0.2, 0) is 11.2 Å². The zero-order chi connectivity index (χ0) is 12.2. The molecule has 0 saturated carbocycles. The van der Waals surface area contributed by atoms with Gasteiger partial charge in [-0.15, -0.1) is 11.3 Å². The lowest BCUT2D eigenvalue weighted by molar-refractivity contribution is 0.0767. The number of hydrogen-bond donors (Lipinski definition) is 1. The molecule has 0 amide bonds. The van der Waals surface area contributed by atoms with E-state index in [9.17, 15) is 0 Å². The average Bonchev–Trinajstić information content (AvgIpc) is 2.89. The Bertz CT molecular complexity index is 494. The molecule has 3 heterocycles. The smallest absolute Gasteiger partial charge is 0.123 e. The zero-order valence-corrected chi connectivity index (χ0v) is 10.8. The van der Waals surface area contributed by atoms with Crippen molar-refractivity contribution < 1.29 is 4.74 Å². The van der Waals surface area contributed by atoms with E-state index < -0.39 is 0 Å². The molecular weight excluding hydrogens is 246 g/mol. The van der Waals surface area contributed by atoms with E-state index in [-0.39, 0.29) is 0 Å². The van der Waals surface area contributed by atoms with Gasteiger partial charge in [-0.2, -0.15) is 0 Å². The van der Waals surface area contributed by atoms with E-state index in [4.69, 9.17) is 4.74 Å². The fourth-order valence-corrected chi connectivity index (χ4v) is 2.87. The molecule has 0 aliphatic carbocycles. The third-order valence-corrected chi connectivity index (χ3v) is 3.87. The Balaban J connectivity index is 1.69. The van der Waals surface area contributed by atoms with E-state index in [0.717, 1.165) is 42.4 Å². The van der Waals surface area contributed by atoms with Crippen LogP contribution in [0.15, 0.2) is 29.9 Å². The van der Waals surface area contributed by atoms with Gasteiger partial charge in [-0.1, -0.05) is 0 Å². The minimum atomic E-state index is 0.395. The number of nitrogens with one attached hydrogen (secondary N) is 1. The molecule has 0 spiro atoms. The van der Waals surface area contributed by atoms with Crippen molar-refractivity contribution in [1.29, 1.82) is 0 Å². The van der Waals surface area contributed by atoms with Crippen molar-refractivity contribution in [1.82, 2.24) is 15.3 Å². The quantitative estimate of drug-likeness (QED) is 0.914. The molecule has 0 bridgehead atoms. The van der Waals surface area contributed by atoms with Gasteiger partial charge in [0.25, 0.3) is 0 Å².